The maximum absolute atomic E-state index is 10.3. The summed E-state index contributed by atoms with van der Waals surface area (Å²) >= 11 is 0. The van der Waals surface area contributed by atoms with Gasteiger partial charge < -0.3 is 10.6 Å². The largest absolute Gasteiger partial charge is 0.325 e. The van der Waals surface area contributed by atoms with Gasteiger partial charge in [-0.3, -0.25) is 9.59 Å². The average Bonchev–Trinajstić information content (AvgIpc) is 2.13. The van der Waals surface area contributed by atoms with E-state index in [2.05, 4.69) is 10.6 Å². The van der Waals surface area contributed by atoms with Gasteiger partial charge in [-0.25, -0.2) is 0 Å². The molecule has 0 aromatic rings. The zero-order valence-electron chi connectivity index (χ0n) is 4.02. The normalized spacial score (nSPS) is 40.5. The van der Waals surface area contributed by atoms with Crippen molar-refractivity contribution < 1.29 is 9.59 Å². The molecule has 2 saturated heterocycles. The molecule has 2 heterocycles. The summed E-state index contributed by atoms with van der Waals surface area (Å²) in [6.07, 6.45) is 0.325. The summed E-state index contributed by atoms with van der Waals surface area (Å²) in [5.74, 6) is -0.111. The Balaban J connectivity index is 2.15. The molecule has 2 amide bonds. The summed E-state index contributed by atoms with van der Waals surface area (Å²) in [6, 6.07) is 0. The SMILES string of the molecule is O=C1CC2(N1)NC2=O. The Morgan fingerprint density at radius 1 is 1.38 bits per heavy atom. The molecule has 2 aliphatic heterocycles. The molecule has 0 aromatic heterocycles. The Morgan fingerprint density at radius 2 is 1.88 bits per heavy atom. The van der Waals surface area contributed by atoms with Crippen molar-refractivity contribution in [1.29, 1.82) is 0 Å². The van der Waals surface area contributed by atoms with Crippen molar-refractivity contribution in [2.75, 3.05) is 0 Å². The van der Waals surface area contributed by atoms with Gasteiger partial charge in [-0.05, 0) is 0 Å². The topological polar surface area (TPSA) is 68.1 Å². The van der Waals surface area contributed by atoms with E-state index in [0.717, 1.165) is 0 Å². The van der Waals surface area contributed by atoms with Crippen LogP contribution in [0.15, 0.2) is 0 Å². The second kappa shape index (κ2) is 0.746. The predicted molar refractivity (Wildman–Crippen MR) is 23.6 cm³/mol. The number of amides is 2. The first kappa shape index (κ1) is 3.88. The highest BCUT2D eigenvalue weighted by atomic mass is 16.2. The second-order valence-electron chi connectivity index (χ2n) is 2.08. The van der Waals surface area contributed by atoms with E-state index in [1.54, 1.807) is 0 Å². The predicted octanol–water partition coefficient (Wildman–Crippen LogP) is -1.67. The molecule has 0 aromatic carbocycles. The van der Waals surface area contributed by atoms with Crippen LogP contribution in [-0.2, 0) is 9.59 Å². The first-order chi connectivity index (χ1) is 3.73. The van der Waals surface area contributed by atoms with E-state index in [0.29, 0.717) is 6.42 Å². The fourth-order valence-corrected chi connectivity index (χ4v) is 0.836. The minimum atomic E-state index is -0.586. The molecular formula is C4H4N2O2. The highest BCUT2D eigenvalue weighted by molar-refractivity contribution is 6.12. The number of rotatable bonds is 0. The minimum Gasteiger partial charge on any atom is -0.325 e. The molecule has 0 radical (unpaired) electrons. The van der Waals surface area contributed by atoms with Crippen molar-refractivity contribution in [3.05, 3.63) is 0 Å². The van der Waals surface area contributed by atoms with E-state index in [4.69, 9.17) is 0 Å². The molecule has 1 unspecified atom stereocenters. The van der Waals surface area contributed by atoms with Crippen molar-refractivity contribution in [2.24, 2.45) is 0 Å². The fraction of sp³-hybridized carbons (Fsp3) is 0.500. The van der Waals surface area contributed by atoms with Gasteiger partial charge >= 0.3 is 0 Å². The maximum Gasteiger partial charge on any atom is 0.269 e. The molecule has 0 saturated carbocycles. The lowest BCUT2D eigenvalue weighted by molar-refractivity contribution is -0.132. The zero-order chi connectivity index (χ0) is 5.78. The quantitative estimate of drug-likeness (QED) is 0.290. The van der Waals surface area contributed by atoms with Gasteiger partial charge in [0.1, 0.15) is 0 Å². The van der Waals surface area contributed by atoms with Crippen molar-refractivity contribution in [3.63, 3.8) is 0 Å². The molecule has 2 N–H and O–H groups in total. The summed E-state index contributed by atoms with van der Waals surface area (Å²) in [7, 11) is 0. The van der Waals surface area contributed by atoms with Crippen LogP contribution < -0.4 is 10.6 Å². The molecule has 1 spiro atoms. The third-order valence-corrected chi connectivity index (χ3v) is 1.43. The number of nitrogens with one attached hydrogen (secondary N) is 2. The molecule has 2 fully saturated rings. The van der Waals surface area contributed by atoms with Crippen LogP contribution in [-0.4, -0.2) is 17.5 Å². The maximum atomic E-state index is 10.3. The summed E-state index contributed by atoms with van der Waals surface area (Å²) < 4.78 is 0. The van der Waals surface area contributed by atoms with Gasteiger partial charge in [0.15, 0.2) is 0 Å². The molecule has 2 rings (SSSR count). The van der Waals surface area contributed by atoms with E-state index in [1.165, 1.54) is 0 Å². The Morgan fingerprint density at radius 3 is 2.00 bits per heavy atom. The molecule has 0 aliphatic carbocycles. The van der Waals surface area contributed by atoms with Gasteiger partial charge in [0.25, 0.3) is 5.91 Å². The molecule has 8 heavy (non-hydrogen) atoms. The van der Waals surface area contributed by atoms with E-state index < -0.39 is 5.66 Å². The molecule has 4 nitrogen and oxygen atoms in total. The highest BCUT2D eigenvalue weighted by Crippen LogP contribution is 2.27. The number of carbonyl (C=O) groups excluding carboxylic acids is 2. The Kier molecular flexibility index (Phi) is 0.362. The Bertz CT molecular complexity index is 178. The lowest BCUT2D eigenvalue weighted by Crippen LogP contribution is -2.54. The van der Waals surface area contributed by atoms with Gasteiger partial charge in [0, 0.05) is 0 Å². The van der Waals surface area contributed by atoms with E-state index in [9.17, 15) is 9.59 Å². The molecule has 0 bridgehead atoms. The summed E-state index contributed by atoms with van der Waals surface area (Å²) in [5.41, 5.74) is -0.586. The number of β-lactam (4-membered cyclic amide) rings is 1. The number of carbonyl (C=O) groups is 2. The first-order valence-electron chi connectivity index (χ1n) is 2.37. The number of hydrogen-bond acceptors (Lipinski definition) is 2. The second-order valence-corrected chi connectivity index (χ2v) is 2.08. The first-order valence-corrected chi connectivity index (χ1v) is 2.37. The molecule has 4 heteroatoms. The summed E-state index contributed by atoms with van der Waals surface area (Å²) in [5, 5.41) is 4.95. The van der Waals surface area contributed by atoms with E-state index in [1.807, 2.05) is 0 Å². The van der Waals surface area contributed by atoms with Crippen LogP contribution in [0.25, 0.3) is 0 Å². The third-order valence-electron chi connectivity index (χ3n) is 1.43. The van der Waals surface area contributed by atoms with Gasteiger partial charge in [-0.2, -0.15) is 0 Å². The van der Waals surface area contributed by atoms with Gasteiger partial charge in [-0.15, -0.1) is 0 Å². The van der Waals surface area contributed by atoms with Crippen molar-refractivity contribution in [2.45, 2.75) is 12.1 Å². The Hall–Kier alpha value is -1.06. The molecule has 2 aliphatic rings. The van der Waals surface area contributed by atoms with Crippen LogP contribution in [0.3, 0.4) is 0 Å². The third kappa shape index (κ3) is 0.238. The van der Waals surface area contributed by atoms with Crippen LogP contribution in [0.5, 0.6) is 0 Å². The summed E-state index contributed by atoms with van der Waals surface area (Å²) in [4.78, 5) is 20.5. The lowest BCUT2D eigenvalue weighted by atomic mass is 10.1. The smallest absolute Gasteiger partial charge is 0.269 e. The summed E-state index contributed by atoms with van der Waals surface area (Å²) in [6.45, 7) is 0. The minimum absolute atomic E-state index is 0.0525. The van der Waals surface area contributed by atoms with Gasteiger partial charge in [0.2, 0.25) is 11.6 Å². The monoisotopic (exact) mass is 112 g/mol. The van der Waals surface area contributed by atoms with Crippen molar-refractivity contribution >= 4 is 11.8 Å². The fourth-order valence-electron chi connectivity index (χ4n) is 0.836. The van der Waals surface area contributed by atoms with Crippen LogP contribution in [0.4, 0.5) is 0 Å². The van der Waals surface area contributed by atoms with E-state index in [-0.39, 0.29) is 11.8 Å². The molecular weight excluding hydrogens is 108 g/mol. The molecule has 1 atom stereocenters. The van der Waals surface area contributed by atoms with Crippen LogP contribution in [0.1, 0.15) is 6.42 Å². The zero-order valence-corrected chi connectivity index (χ0v) is 4.02. The molecule has 42 valence electrons. The Labute approximate surface area is 45.2 Å². The average molecular weight is 112 g/mol. The van der Waals surface area contributed by atoms with Crippen LogP contribution in [0.2, 0.25) is 0 Å². The van der Waals surface area contributed by atoms with Crippen molar-refractivity contribution in [3.8, 4) is 0 Å². The van der Waals surface area contributed by atoms with Gasteiger partial charge in [0.05, 0.1) is 6.42 Å². The van der Waals surface area contributed by atoms with E-state index >= 15 is 0 Å². The van der Waals surface area contributed by atoms with Crippen LogP contribution in [0, 0.1) is 0 Å². The van der Waals surface area contributed by atoms with Gasteiger partial charge in [-0.1, -0.05) is 0 Å². The van der Waals surface area contributed by atoms with Crippen molar-refractivity contribution in [1.82, 2.24) is 10.6 Å². The lowest BCUT2D eigenvalue weighted by Gasteiger charge is -2.21. The standard InChI is InChI=1S/C4H4N2O2/c7-2-1-4(5-2)3(8)6-4/h1H2,(H,5,7)(H,6,8). The van der Waals surface area contributed by atoms with Crippen LogP contribution >= 0.6 is 0 Å². The number of hydrogen-bond donors (Lipinski definition) is 2. The highest BCUT2D eigenvalue weighted by Gasteiger charge is 2.62.